The lowest BCUT2D eigenvalue weighted by Gasteiger charge is -2.27. The number of nitrogens with zero attached hydrogens (tertiary/aromatic N) is 1. The van der Waals surface area contributed by atoms with Crippen LogP contribution < -0.4 is 0 Å². The summed E-state index contributed by atoms with van der Waals surface area (Å²) >= 11 is 0. The lowest BCUT2D eigenvalue weighted by molar-refractivity contribution is 0.332. The summed E-state index contributed by atoms with van der Waals surface area (Å²) in [6.45, 7) is 1.56. The summed E-state index contributed by atoms with van der Waals surface area (Å²) in [6.07, 6.45) is 1.76. The maximum absolute atomic E-state index is 13.7. The second-order valence-electron chi connectivity index (χ2n) is 6.03. The van der Waals surface area contributed by atoms with Crippen LogP contribution in [-0.4, -0.2) is 44.7 Å². The molecular weight excluding hydrogens is 329 g/mol. The van der Waals surface area contributed by atoms with Gasteiger partial charge in [0.2, 0.25) is 10.0 Å². The molecule has 8 heteroatoms. The number of halogens is 1. The van der Waals surface area contributed by atoms with E-state index in [1.807, 2.05) is 0 Å². The van der Waals surface area contributed by atoms with Gasteiger partial charge in [0.15, 0.2) is 9.84 Å². The second-order valence-corrected chi connectivity index (χ2v) is 10.1. The fraction of sp³-hybridized carbons (Fsp3) is 0.571. The summed E-state index contributed by atoms with van der Waals surface area (Å²) in [4.78, 5) is -0.105. The van der Waals surface area contributed by atoms with Crippen molar-refractivity contribution >= 4 is 19.9 Å². The van der Waals surface area contributed by atoms with Crippen LogP contribution >= 0.6 is 0 Å². The van der Waals surface area contributed by atoms with E-state index in [4.69, 9.17) is 0 Å². The molecule has 2 aliphatic rings. The minimum atomic E-state index is -3.88. The van der Waals surface area contributed by atoms with Gasteiger partial charge >= 0.3 is 0 Å². The zero-order valence-electron chi connectivity index (χ0n) is 12.2. The predicted molar refractivity (Wildman–Crippen MR) is 80.2 cm³/mol. The third-order valence-corrected chi connectivity index (χ3v) is 7.95. The molecule has 5 nitrogen and oxygen atoms in total. The first-order valence-corrected chi connectivity index (χ1v) is 10.5. The van der Waals surface area contributed by atoms with Gasteiger partial charge in [-0.25, -0.2) is 21.2 Å². The Labute approximate surface area is 130 Å². The Morgan fingerprint density at radius 3 is 2.36 bits per heavy atom. The van der Waals surface area contributed by atoms with Crippen LogP contribution in [0.5, 0.6) is 0 Å². The smallest absolute Gasteiger partial charge is 0.229 e. The quantitative estimate of drug-likeness (QED) is 0.827. The second kappa shape index (κ2) is 5.28. The number of hydrogen-bond acceptors (Lipinski definition) is 4. The lowest BCUT2D eigenvalue weighted by Crippen LogP contribution is -2.42. The standard InChI is InChI=1S/C14H18FNO4S2/c1-10-2-5-13(8-14(10)15)22(19,20)16(11-3-4-11)12-6-7-21(17,18)9-12/h2,5,8,11-12H,3-4,6-7,9H2,1H3/t12-/m0/s1. The highest BCUT2D eigenvalue weighted by Gasteiger charge is 2.46. The Hall–Kier alpha value is -0.990. The number of sulfonamides is 1. The van der Waals surface area contributed by atoms with Gasteiger partial charge in [0.25, 0.3) is 0 Å². The Bertz CT molecular complexity index is 800. The van der Waals surface area contributed by atoms with E-state index in [0.29, 0.717) is 12.0 Å². The van der Waals surface area contributed by atoms with Gasteiger partial charge in [0.1, 0.15) is 5.82 Å². The van der Waals surface area contributed by atoms with E-state index in [0.717, 1.165) is 18.9 Å². The molecule has 1 aromatic carbocycles. The zero-order chi connectivity index (χ0) is 16.1. The monoisotopic (exact) mass is 347 g/mol. The van der Waals surface area contributed by atoms with Crippen LogP contribution in [0.1, 0.15) is 24.8 Å². The van der Waals surface area contributed by atoms with Crippen molar-refractivity contribution in [3.05, 3.63) is 29.6 Å². The van der Waals surface area contributed by atoms with E-state index in [9.17, 15) is 21.2 Å². The van der Waals surface area contributed by atoms with E-state index in [1.54, 1.807) is 6.92 Å². The van der Waals surface area contributed by atoms with Crippen LogP contribution in [0, 0.1) is 12.7 Å². The normalized spacial score (nSPS) is 24.8. The number of aryl methyl sites for hydroxylation is 1. The Morgan fingerprint density at radius 1 is 1.18 bits per heavy atom. The van der Waals surface area contributed by atoms with Gasteiger partial charge in [-0.15, -0.1) is 0 Å². The highest BCUT2D eigenvalue weighted by atomic mass is 32.2. The highest BCUT2D eigenvalue weighted by molar-refractivity contribution is 7.92. The topological polar surface area (TPSA) is 71.5 Å². The van der Waals surface area contributed by atoms with Crippen LogP contribution in [0.25, 0.3) is 0 Å². The molecule has 22 heavy (non-hydrogen) atoms. The van der Waals surface area contributed by atoms with E-state index in [-0.39, 0.29) is 22.4 Å². The molecule has 3 rings (SSSR count). The lowest BCUT2D eigenvalue weighted by atomic mass is 10.2. The molecule has 1 heterocycles. The van der Waals surface area contributed by atoms with Crippen molar-refractivity contribution in [3.63, 3.8) is 0 Å². The molecule has 1 aromatic rings. The number of sulfone groups is 1. The van der Waals surface area contributed by atoms with Gasteiger partial charge in [-0.2, -0.15) is 4.31 Å². The zero-order valence-corrected chi connectivity index (χ0v) is 13.8. The van der Waals surface area contributed by atoms with E-state index >= 15 is 0 Å². The first-order chi connectivity index (χ1) is 10.2. The van der Waals surface area contributed by atoms with E-state index in [2.05, 4.69) is 0 Å². The molecule has 0 unspecified atom stereocenters. The average Bonchev–Trinajstić information content (AvgIpc) is 3.17. The minimum absolute atomic E-state index is 0.0126. The molecule has 1 aliphatic carbocycles. The molecule has 0 N–H and O–H groups in total. The van der Waals surface area contributed by atoms with Crippen molar-refractivity contribution in [2.75, 3.05) is 11.5 Å². The van der Waals surface area contributed by atoms with E-state index in [1.165, 1.54) is 16.4 Å². The molecule has 0 bridgehead atoms. The fourth-order valence-corrected chi connectivity index (χ4v) is 6.57. The van der Waals surface area contributed by atoms with Crippen molar-refractivity contribution in [2.45, 2.75) is 43.2 Å². The number of hydrogen-bond donors (Lipinski definition) is 0. The average molecular weight is 347 g/mol. The maximum atomic E-state index is 13.7. The molecule has 0 radical (unpaired) electrons. The molecule has 0 spiro atoms. The van der Waals surface area contributed by atoms with Crippen LogP contribution in [0.4, 0.5) is 4.39 Å². The molecule has 1 atom stereocenters. The highest BCUT2D eigenvalue weighted by Crippen LogP contribution is 2.37. The van der Waals surface area contributed by atoms with Crippen molar-refractivity contribution in [1.29, 1.82) is 0 Å². The van der Waals surface area contributed by atoms with Crippen molar-refractivity contribution in [1.82, 2.24) is 4.31 Å². The maximum Gasteiger partial charge on any atom is 0.243 e. The molecule has 1 aliphatic heterocycles. The minimum Gasteiger partial charge on any atom is -0.229 e. The number of rotatable bonds is 4. The van der Waals surface area contributed by atoms with Crippen LogP contribution in [0.2, 0.25) is 0 Å². The molecule has 122 valence electrons. The van der Waals surface area contributed by atoms with Gasteiger partial charge in [0.05, 0.1) is 16.4 Å². The Morgan fingerprint density at radius 2 is 1.86 bits per heavy atom. The van der Waals surface area contributed by atoms with Gasteiger partial charge in [-0.1, -0.05) is 6.07 Å². The number of benzene rings is 1. The van der Waals surface area contributed by atoms with Crippen molar-refractivity contribution in [3.8, 4) is 0 Å². The van der Waals surface area contributed by atoms with Gasteiger partial charge in [0, 0.05) is 12.1 Å². The van der Waals surface area contributed by atoms with Gasteiger partial charge < -0.3 is 0 Å². The Kier molecular flexibility index (Phi) is 3.81. The largest absolute Gasteiger partial charge is 0.243 e. The first kappa shape index (κ1) is 15.9. The summed E-state index contributed by atoms with van der Waals surface area (Å²) in [6, 6.07) is 3.13. The molecule has 2 fully saturated rings. The summed E-state index contributed by atoms with van der Waals surface area (Å²) in [7, 11) is -7.07. The predicted octanol–water partition coefficient (Wildman–Crippen LogP) is 1.47. The summed E-state index contributed by atoms with van der Waals surface area (Å²) in [5.74, 6) is -0.702. The third-order valence-electron chi connectivity index (χ3n) is 4.19. The van der Waals surface area contributed by atoms with Crippen LogP contribution in [-0.2, 0) is 19.9 Å². The summed E-state index contributed by atoms with van der Waals surface area (Å²) < 4.78 is 64.0. The van der Waals surface area contributed by atoms with E-state index < -0.39 is 31.7 Å². The third kappa shape index (κ3) is 2.91. The van der Waals surface area contributed by atoms with Crippen LogP contribution in [0.3, 0.4) is 0 Å². The molecular formula is C14H18FNO4S2. The Balaban J connectivity index is 1.98. The molecule has 1 saturated carbocycles. The molecule has 1 saturated heterocycles. The van der Waals surface area contributed by atoms with Gasteiger partial charge in [-0.3, -0.25) is 0 Å². The summed E-state index contributed by atoms with van der Waals surface area (Å²) in [5, 5.41) is 0. The first-order valence-electron chi connectivity index (χ1n) is 7.21. The fourth-order valence-electron chi connectivity index (χ4n) is 2.85. The van der Waals surface area contributed by atoms with Crippen molar-refractivity contribution in [2.24, 2.45) is 0 Å². The molecule has 0 aromatic heterocycles. The summed E-state index contributed by atoms with van der Waals surface area (Å²) in [5.41, 5.74) is 0.375. The SMILES string of the molecule is Cc1ccc(S(=O)(=O)N(C2CC2)[C@H]2CCS(=O)(=O)C2)cc1F. The molecule has 0 amide bonds. The van der Waals surface area contributed by atoms with Crippen LogP contribution in [0.15, 0.2) is 23.1 Å². The van der Waals surface area contributed by atoms with Crippen molar-refractivity contribution < 1.29 is 21.2 Å². The van der Waals surface area contributed by atoms with Gasteiger partial charge in [-0.05, 0) is 43.9 Å².